The van der Waals surface area contributed by atoms with E-state index in [1.807, 2.05) is 72.8 Å². The van der Waals surface area contributed by atoms with Crippen molar-refractivity contribution in [1.82, 2.24) is 5.32 Å². The first-order valence-corrected chi connectivity index (χ1v) is 14.8. The number of rotatable bonds is 12. The Kier molecular flexibility index (Phi) is 9.82. The number of hydrogen-bond acceptors (Lipinski definition) is 5. The fraction of sp³-hybridized carbons (Fsp3) is 0.200. The van der Waals surface area contributed by atoms with Gasteiger partial charge in [-0.25, -0.2) is 4.99 Å². The topological polar surface area (TPSA) is 80.2 Å². The molecular formula is C35H32Cl2N2O4. The summed E-state index contributed by atoms with van der Waals surface area (Å²) in [5, 5.41) is 12.9. The third-order valence-corrected chi connectivity index (χ3v) is 7.98. The minimum absolute atomic E-state index is 0.0644. The number of halogens is 2. The first-order valence-electron chi connectivity index (χ1n) is 14.0. The second-order valence-electron chi connectivity index (χ2n) is 10.2. The summed E-state index contributed by atoms with van der Waals surface area (Å²) in [7, 11) is 0. The number of carbonyl (C=O) groups excluding carboxylic acids is 1. The number of ether oxygens (including phenoxy) is 2. The molecule has 2 N–H and O–H groups in total. The minimum Gasteiger partial charge on any atom is -0.494 e. The standard InChI is InChI=1S/C35H32Cl2N2O4/c1-2-19-35(34(41)38-23-24-9-18-30(36)31(37)22-24)32(27-12-10-26(11-13-27)25-7-4-3-5-8-25)43-33(39-35)28-14-16-29(17-15-28)42-21-6-20-40/h2-5,7-18,22,32,40H,1,6,19-21,23H2,(H,38,41)/t32-,35-/m1/s1. The molecule has 0 aromatic heterocycles. The van der Waals surface area contributed by atoms with Crippen LogP contribution in [0.2, 0.25) is 10.0 Å². The number of nitrogens with zero attached hydrogens (tertiary/aromatic N) is 1. The maximum absolute atomic E-state index is 14.1. The van der Waals surface area contributed by atoms with Gasteiger partial charge in [0.25, 0.3) is 5.91 Å². The fourth-order valence-electron chi connectivity index (χ4n) is 5.00. The molecule has 0 saturated heterocycles. The van der Waals surface area contributed by atoms with E-state index in [2.05, 4.69) is 24.0 Å². The lowest BCUT2D eigenvalue weighted by Crippen LogP contribution is -2.47. The number of nitrogens with one attached hydrogen (secondary N) is 1. The van der Waals surface area contributed by atoms with E-state index >= 15 is 0 Å². The first kappa shape index (κ1) is 30.4. The Morgan fingerprint density at radius 2 is 1.65 bits per heavy atom. The van der Waals surface area contributed by atoms with Crippen molar-refractivity contribution >= 4 is 35.0 Å². The van der Waals surface area contributed by atoms with Crippen molar-refractivity contribution in [2.75, 3.05) is 13.2 Å². The van der Waals surface area contributed by atoms with Crippen LogP contribution >= 0.6 is 23.2 Å². The molecule has 5 rings (SSSR count). The van der Waals surface area contributed by atoms with Crippen LogP contribution in [0.5, 0.6) is 5.75 Å². The summed E-state index contributed by atoms with van der Waals surface area (Å²) in [5.74, 6) is 0.723. The van der Waals surface area contributed by atoms with Gasteiger partial charge in [0, 0.05) is 31.6 Å². The normalized spacial score (nSPS) is 17.6. The van der Waals surface area contributed by atoms with E-state index in [1.165, 1.54) is 0 Å². The highest BCUT2D eigenvalue weighted by Gasteiger charge is 2.52. The van der Waals surface area contributed by atoms with E-state index in [0.29, 0.717) is 40.3 Å². The van der Waals surface area contributed by atoms with Crippen LogP contribution in [0.15, 0.2) is 115 Å². The SMILES string of the molecule is C=CC[C@@]1(C(=O)NCc2ccc(Cl)c(Cl)c2)N=C(c2ccc(OCCCO)cc2)O[C@@H]1c1ccc(-c2ccccc2)cc1. The predicted molar refractivity (Wildman–Crippen MR) is 172 cm³/mol. The Hall–Kier alpha value is -4.10. The van der Waals surface area contributed by atoms with Crippen LogP contribution in [0.25, 0.3) is 11.1 Å². The number of aliphatic hydroxyl groups excluding tert-OH is 1. The van der Waals surface area contributed by atoms with E-state index in [9.17, 15) is 4.79 Å². The second-order valence-corrected chi connectivity index (χ2v) is 11.0. The van der Waals surface area contributed by atoms with E-state index in [4.69, 9.17) is 42.8 Å². The largest absolute Gasteiger partial charge is 0.494 e. The van der Waals surface area contributed by atoms with Crippen LogP contribution < -0.4 is 10.1 Å². The van der Waals surface area contributed by atoms with Gasteiger partial charge in [-0.05, 0) is 58.7 Å². The molecule has 1 heterocycles. The molecule has 6 nitrogen and oxygen atoms in total. The molecule has 220 valence electrons. The molecule has 0 radical (unpaired) electrons. The molecular weight excluding hydrogens is 583 g/mol. The lowest BCUT2D eigenvalue weighted by atomic mass is 9.84. The van der Waals surface area contributed by atoms with E-state index in [0.717, 1.165) is 22.3 Å². The number of hydrogen-bond donors (Lipinski definition) is 2. The van der Waals surface area contributed by atoms with Crippen LogP contribution in [0, 0.1) is 0 Å². The average Bonchev–Trinajstić information content (AvgIpc) is 3.43. The Balaban J connectivity index is 1.47. The summed E-state index contributed by atoms with van der Waals surface area (Å²) < 4.78 is 12.2. The molecule has 0 spiro atoms. The third-order valence-electron chi connectivity index (χ3n) is 7.24. The molecule has 1 aliphatic rings. The van der Waals surface area contributed by atoms with Gasteiger partial charge in [-0.1, -0.05) is 89.9 Å². The Labute approximate surface area is 261 Å². The maximum Gasteiger partial charge on any atom is 0.252 e. The summed E-state index contributed by atoms with van der Waals surface area (Å²) in [6.07, 6.45) is 1.78. The molecule has 0 aliphatic carbocycles. The van der Waals surface area contributed by atoms with Crippen LogP contribution in [0.4, 0.5) is 0 Å². The van der Waals surface area contributed by atoms with Gasteiger partial charge < -0.3 is 19.9 Å². The monoisotopic (exact) mass is 614 g/mol. The third kappa shape index (κ3) is 6.94. The number of aliphatic imine (C=N–C) groups is 1. The zero-order chi connectivity index (χ0) is 30.2. The van der Waals surface area contributed by atoms with Crippen LogP contribution in [-0.4, -0.2) is 35.7 Å². The number of amides is 1. The lowest BCUT2D eigenvalue weighted by molar-refractivity contribution is -0.129. The molecule has 4 aromatic carbocycles. The van der Waals surface area contributed by atoms with Gasteiger partial charge in [0.05, 0.1) is 16.7 Å². The number of benzene rings is 4. The van der Waals surface area contributed by atoms with Gasteiger partial charge >= 0.3 is 0 Å². The van der Waals surface area contributed by atoms with Gasteiger partial charge in [-0.15, -0.1) is 6.58 Å². The van der Waals surface area contributed by atoms with E-state index in [-0.39, 0.29) is 25.5 Å². The summed E-state index contributed by atoms with van der Waals surface area (Å²) in [5.41, 5.74) is 3.17. The van der Waals surface area contributed by atoms with Crippen LogP contribution in [0.1, 0.15) is 35.6 Å². The Morgan fingerprint density at radius 3 is 2.33 bits per heavy atom. The number of carbonyl (C=O) groups is 1. The van der Waals surface area contributed by atoms with Crippen molar-refractivity contribution in [2.45, 2.75) is 31.0 Å². The maximum atomic E-state index is 14.1. The fourth-order valence-corrected chi connectivity index (χ4v) is 5.32. The van der Waals surface area contributed by atoms with Gasteiger partial charge in [0.15, 0.2) is 11.6 Å². The summed E-state index contributed by atoms with van der Waals surface area (Å²) in [4.78, 5) is 19.0. The van der Waals surface area contributed by atoms with Crippen molar-refractivity contribution < 1.29 is 19.4 Å². The Bertz CT molecular complexity index is 1590. The zero-order valence-corrected chi connectivity index (χ0v) is 25.0. The average molecular weight is 616 g/mol. The molecule has 43 heavy (non-hydrogen) atoms. The highest BCUT2D eigenvalue weighted by atomic mass is 35.5. The van der Waals surface area contributed by atoms with E-state index in [1.54, 1.807) is 18.2 Å². The van der Waals surface area contributed by atoms with Crippen molar-refractivity contribution in [1.29, 1.82) is 0 Å². The van der Waals surface area contributed by atoms with Crippen molar-refractivity contribution in [3.8, 4) is 16.9 Å². The van der Waals surface area contributed by atoms with Crippen molar-refractivity contribution in [3.63, 3.8) is 0 Å². The summed E-state index contributed by atoms with van der Waals surface area (Å²) >= 11 is 12.3. The molecule has 1 amide bonds. The summed E-state index contributed by atoms with van der Waals surface area (Å²) in [6, 6.07) is 30.7. The Morgan fingerprint density at radius 1 is 0.953 bits per heavy atom. The summed E-state index contributed by atoms with van der Waals surface area (Å²) in [6.45, 7) is 4.66. The van der Waals surface area contributed by atoms with Crippen molar-refractivity contribution in [3.05, 3.63) is 136 Å². The quantitative estimate of drug-likeness (QED) is 0.127. The lowest BCUT2D eigenvalue weighted by Gasteiger charge is -2.30. The second kappa shape index (κ2) is 13.9. The van der Waals surface area contributed by atoms with Gasteiger partial charge in [0.2, 0.25) is 5.90 Å². The molecule has 1 aliphatic heterocycles. The molecule has 0 bridgehead atoms. The molecule has 2 atom stereocenters. The molecule has 0 fully saturated rings. The molecule has 0 saturated carbocycles. The smallest absolute Gasteiger partial charge is 0.252 e. The minimum atomic E-state index is -1.31. The van der Waals surface area contributed by atoms with Crippen LogP contribution in [0.3, 0.4) is 0 Å². The number of aliphatic hydroxyl groups is 1. The highest BCUT2D eigenvalue weighted by Crippen LogP contribution is 2.43. The van der Waals surface area contributed by atoms with Crippen molar-refractivity contribution in [2.24, 2.45) is 4.99 Å². The molecule has 4 aromatic rings. The molecule has 0 unspecified atom stereocenters. The predicted octanol–water partition coefficient (Wildman–Crippen LogP) is 7.57. The van der Waals surface area contributed by atoms with Gasteiger partial charge in [-0.3, -0.25) is 4.79 Å². The zero-order valence-electron chi connectivity index (χ0n) is 23.5. The highest BCUT2D eigenvalue weighted by molar-refractivity contribution is 6.42. The van der Waals surface area contributed by atoms with Gasteiger partial charge in [-0.2, -0.15) is 0 Å². The van der Waals surface area contributed by atoms with Crippen LogP contribution in [-0.2, 0) is 16.1 Å². The molecule has 8 heteroatoms. The first-order chi connectivity index (χ1) is 20.9. The van der Waals surface area contributed by atoms with E-state index < -0.39 is 11.6 Å². The van der Waals surface area contributed by atoms with Gasteiger partial charge in [0.1, 0.15) is 5.75 Å².